The number of alkyl halides is 2. The second kappa shape index (κ2) is 10.1. The molecule has 10 heteroatoms. The Bertz CT molecular complexity index is 1150. The quantitative estimate of drug-likeness (QED) is 0.534. The van der Waals surface area contributed by atoms with Crippen molar-refractivity contribution in [2.45, 2.75) is 63.9 Å². The fourth-order valence-corrected chi connectivity index (χ4v) is 5.05. The number of hydrogen-bond acceptors (Lipinski definition) is 7. The Morgan fingerprint density at radius 3 is 2.51 bits per heavy atom. The van der Waals surface area contributed by atoms with Gasteiger partial charge in [-0.2, -0.15) is 15.0 Å². The molecule has 3 aromatic rings. The Morgan fingerprint density at radius 2 is 1.77 bits per heavy atom. The zero-order valence-electron chi connectivity index (χ0n) is 20.0. The average Bonchev–Trinajstić information content (AvgIpc) is 3.26. The molecule has 188 valence electrons. The van der Waals surface area contributed by atoms with E-state index in [2.05, 4.69) is 15.0 Å². The number of aliphatic hydroxyl groups is 1. The number of aryl methyl sites for hydroxylation is 1. The molecule has 5 rings (SSSR count). The molecule has 3 heterocycles. The molecular weight excluding hydrogens is 454 g/mol. The molecule has 35 heavy (non-hydrogen) atoms. The largest absolute Gasteiger partial charge is 0.390 e. The Labute approximate surface area is 203 Å². The summed E-state index contributed by atoms with van der Waals surface area (Å²) >= 11 is 0. The summed E-state index contributed by atoms with van der Waals surface area (Å²) in [5.74, 6) is 1.47. The van der Waals surface area contributed by atoms with Gasteiger partial charge in [0.15, 0.2) is 5.82 Å². The maximum atomic E-state index is 14.0. The summed E-state index contributed by atoms with van der Waals surface area (Å²) in [6.07, 6.45) is 3.50. The molecule has 1 aliphatic carbocycles. The SMILES string of the molecule is CC1(O)CCC(CCCc2nc(N3CCOCC3)nc(-n3c(C(F)F)nc4ccccc43)n2)CC1. The third-order valence-corrected chi connectivity index (χ3v) is 7.13. The first-order valence-electron chi connectivity index (χ1n) is 12.5. The van der Waals surface area contributed by atoms with Crippen LogP contribution in [0.4, 0.5) is 14.7 Å². The van der Waals surface area contributed by atoms with Crippen LogP contribution in [-0.2, 0) is 11.2 Å². The molecule has 0 radical (unpaired) electrons. The Hall–Kier alpha value is -2.72. The monoisotopic (exact) mass is 486 g/mol. The number of fused-ring (bicyclic) bond motifs is 1. The molecule has 2 aliphatic rings. The Kier molecular flexibility index (Phi) is 6.93. The van der Waals surface area contributed by atoms with Crippen LogP contribution in [0.15, 0.2) is 24.3 Å². The van der Waals surface area contributed by atoms with Gasteiger partial charge in [-0.05, 0) is 57.1 Å². The van der Waals surface area contributed by atoms with Gasteiger partial charge in [0, 0.05) is 19.5 Å². The normalized spacial score (nSPS) is 23.3. The van der Waals surface area contributed by atoms with E-state index in [-0.39, 0.29) is 11.8 Å². The van der Waals surface area contributed by atoms with E-state index in [1.54, 1.807) is 24.3 Å². The minimum atomic E-state index is -2.77. The number of imidazole rings is 1. The third kappa shape index (κ3) is 5.43. The van der Waals surface area contributed by atoms with Crippen LogP contribution >= 0.6 is 0 Å². The zero-order chi connectivity index (χ0) is 24.4. The molecule has 1 aromatic carbocycles. The number of benzene rings is 1. The molecule has 1 saturated carbocycles. The molecule has 1 N–H and O–H groups in total. The van der Waals surface area contributed by atoms with Crippen LogP contribution in [-0.4, -0.2) is 61.5 Å². The lowest BCUT2D eigenvalue weighted by molar-refractivity contribution is 0.00672. The minimum absolute atomic E-state index is 0.175. The number of para-hydroxylation sites is 2. The van der Waals surface area contributed by atoms with Crippen molar-refractivity contribution in [3.05, 3.63) is 35.9 Å². The summed E-state index contributed by atoms with van der Waals surface area (Å²) in [6, 6.07) is 7.04. The van der Waals surface area contributed by atoms with E-state index in [1.807, 2.05) is 11.8 Å². The highest BCUT2D eigenvalue weighted by Gasteiger charge is 2.28. The number of ether oxygens (including phenoxy) is 1. The summed E-state index contributed by atoms with van der Waals surface area (Å²) in [7, 11) is 0. The molecule has 2 fully saturated rings. The Balaban J connectivity index is 1.44. The topological polar surface area (TPSA) is 89.2 Å². The maximum Gasteiger partial charge on any atom is 0.296 e. The van der Waals surface area contributed by atoms with Gasteiger partial charge in [0.2, 0.25) is 11.9 Å². The highest BCUT2D eigenvalue weighted by molar-refractivity contribution is 5.77. The number of nitrogens with zero attached hydrogens (tertiary/aromatic N) is 6. The van der Waals surface area contributed by atoms with Crippen molar-refractivity contribution in [2.24, 2.45) is 5.92 Å². The van der Waals surface area contributed by atoms with Crippen LogP contribution in [0.3, 0.4) is 0 Å². The highest BCUT2D eigenvalue weighted by atomic mass is 19.3. The first kappa shape index (κ1) is 24.0. The molecule has 0 atom stereocenters. The van der Waals surface area contributed by atoms with Crippen molar-refractivity contribution >= 4 is 17.0 Å². The van der Waals surface area contributed by atoms with E-state index in [4.69, 9.17) is 9.72 Å². The molecule has 0 amide bonds. The number of halogens is 2. The van der Waals surface area contributed by atoms with Crippen molar-refractivity contribution in [3.63, 3.8) is 0 Å². The number of morpholine rings is 1. The van der Waals surface area contributed by atoms with E-state index < -0.39 is 12.0 Å². The van der Waals surface area contributed by atoms with Gasteiger partial charge in [0.25, 0.3) is 6.43 Å². The van der Waals surface area contributed by atoms with E-state index in [0.29, 0.717) is 61.4 Å². The number of rotatable bonds is 7. The van der Waals surface area contributed by atoms with Crippen molar-refractivity contribution in [1.29, 1.82) is 0 Å². The lowest BCUT2D eigenvalue weighted by Crippen LogP contribution is -2.37. The smallest absolute Gasteiger partial charge is 0.296 e. The van der Waals surface area contributed by atoms with Gasteiger partial charge < -0.3 is 14.7 Å². The van der Waals surface area contributed by atoms with Crippen LogP contribution in [0.5, 0.6) is 0 Å². The van der Waals surface area contributed by atoms with Gasteiger partial charge in [-0.15, -0.1) is 0 Å². The van der Waals surface area contributed by atoms with Crippen molar-refractivity contribution in [3.8, 4) is 5.95 Å². The summed E-state index contributed by atoms with van der Waals surface area (Å²) in [6.45, 7) is 4.32. The number of aromatic nitrogens is 5. The first-order chi connectivity index (χ1) is 16.9. The van der Waals surface area contributed by atoms with Crippen molar-refractivity contribution in [2.75, 3.05) is 31.2 Å². The first-order valence-corrected chi connectivity index (χ1v) is 12.5. The van der Waals surface area contributed by atoms with Gasteiger partial charge in [0.1, 0.15) is 5.82 Å². The Morgan fingerprint density at radius 1 is 1.06 bits per heavy atom. The van der Waals surface area contributed by atoms with Crippen LogP contribution in [0.25, 0.3) is 17.0 Å². The van der Waals surface area contributed by atoms with E-state index in [9.17, 15) is 13.9 Å². The average molecular weight is 487 g/mol. The van der Waals surface area contributed by atoms with Gasteiger partial charge >= 0.3 is 0 Å². The predicted octanol–water partition coefficient (Wildman–Crippen LogP) is 4.25. The van der Waals surface area contributed by atoms with Crippen LogP contribution < -0.4 is 4.90 Å². The second-order valence-corrected chi connectivity index (χ2v) is 9.88. The second-order valence-electron chi connectivity index (χ2n) is 9.88. The fourth-order valence-electron chi connectivity index (χ4n) is 5.05. The zero-order valence-corrected chi connectivity index (χ0v) is 20.0. The molecule has 0 bridgehead atoms. The number of hydrogen-bond donors (Lipinski definition) is 1. The highest BCUT2D eigenvalue weighted by Crippen LogP contribution is 2.34. The third-order valence-electron chi connectivity index (χ3n) is 7.13. The predicted molar refractivity (Wildman–Crippen MR) is 128 cm³/mol. The van der Waals surface area contributed by atoms with Crippen molar-refractivity contribution < 1.29 is 18.6 Å². The van der Waals surface area contributed by atoms with Gasteiger partial charge in [-0.25, -0.2) is 13.8 Å². The molecule has 1 aliphatic heterocycles. The fraction of sp³-hybridized carbons (Fsp3) is 0.600. The number of anilines is 1. The lowest BCUT2D eigenvalue weighted by Gasteiger charge is -2.33. The molecular formula is C25H32F2N6O2. The van der Waals surface area contributed by atoms with Crippen LogP contribution in [0.2, 0.25) is 0 Å². The summed E-state index contributed by atoms with van der Waals surface area (Å²) in [5, 5.41) is 10.2. The van der Waals surface area contributed by atoms with Crippen LogP contribution in [0.1, 0.15) is 63.5 Å². The lowest BCUT2D eigenvalue weighted by atomic mass is 9.78. The summed E-state index contributed by atoms with van der Waals surface area (Å²) in [5.41, 5.74) is 0.482. The summed E-state index contributed by atoms with van der Waals surface area (Å²) in [4.78, 5) is 20.1. The molecule has 1 saturated heterocycles. The van der Waals surface area contributed by atoms with Gasteiger partial charge in [-0.1, -0.05) is 18.6 Å². The van der Waals surface area contributed by atoms with Crippen molar-refractivity contribution in [1.82, 2.24) is 24.5 Å². The minimum Gasteiger partial charge on any atom is -0.390 e. The molecule has 8 nitrogen and oxygen atoms in total. The van der Waals surface area contributed by atoms with E-state index in [0.717, 1.165) is 38.5 Å². The molecule has 0 unspecified atom stereocenters. The van der Waals surface area contributed by atoms with Crippen LogP contribution in [0, 0.1) is 5.92 Å². The van der Waals surface area contributed by atoms with E-state index >= 15 is 0 Å². The molecule has 0 spiro atoms. The van der Waals surface area contributed by atoms with Gasteiger partial charge in [-0.3, -0.25) is 4.57 Å². The standard InChI is InChI=1S/C25H32F2N6O2/c1-25(34)11-9-17(10-12-25)5-4-8-20-29-23(32-13-15-35-16-14-32)31-24(30-20)33-19-7-3-2-6-18(19)28-22(33)21(26)27/h2-3,6-7,17,21,34H,4-5,8-16H2,1H3. The van der Waals surface area contributed by atoms with Gasteiger partial charge in [0.05, 0.1) is 29.8 Å². The maximum absolute atomic E-state index is 14.0. The molecule has 2 aromatic heterocycles. The van der Waals surface area contributed by atoms with E-state index in [1.165, 1.54) is 4.57 Å². The summed E-state index contributed by atoms with van der Waals surface area (Å²) < 4.78 is 34.8.